The Morgan fingerprint density at radius 2 is 2.10 bits per heavy atom. The number of benzene rings is 1. The average molecular weight is 288 g/mol. The van der Waals surface area contributed by atoms with Crippen molar-refractivity contribution in [1.82, 2.24) is 10.3 Å². The van der Waals surface area contributed by atoms with Gasteiger partial charge in [0.05, 0.1) is 15.2 Å². The molecule has 2 nitrogen and oxygen atoms in total. The van der Waals surface area contributed by atoms with Crippen molar-refractivity contribution in [2.24, 2.45) is 5.92 Å². The van der Waals surface area contributed by atoms with Crippen molar-refractivity contribution in [2.45, 2.75) is 51.0 Å². The minimum Gasteiger partial charge on any atom is -0.317 e. The fourth-order valence-corrected chi connectivity index (χ4v) is 4.35. The Morgan fingerprint density at radius 3 is 2.85 bits per heavy atom. The molecule has 20 heavy (non-hydrogen) atoms. The lowest BCUT2D eigenvalue weighted by Gasteiger charge is -2.17. The second kappa shape index (κ2) is 6.68. The second-order valence-electron chi connectivity index (χ2n) is 5.99. The second-order valence-corrected chi connectivity index (χ2v) is 7.11. The molecule has 1 atom stereocenters. The molecule has 0 amide bonds. The number of thiazole rings is 1. The number of rotatable bonds is 6. The molecule has 1 N–H and O–H groups in total. The molecular formula is C17H24N2S. The fourth-order valence-electron chi connectivity index (χ4n) is 3.30. The number of likely N-dealkylation sites (N-methyl/N-ethyl adjacent to an activating group) is 1. The summed E-state index contributed by atoms with van der Waals surface area (Å²) in [6, 6.07) is 9.03. The number of nitrogens with one attached hydrogen (secondary N) is 1. The van der Waals surface area contributed by atoms with Crippen molar-refractivity contribution in [3.05, 3.63) is 29.3 Å². The van der Waals surface area contributed by atoms with Crippen molar-refractivity contribution in [3.63, 3.8) is 0 Å². The first-order chi connectivity index (χ1) is 9.85. The van der Waals surface area contributed by atoms with Crippen LogP contribution in [-0.2, 0) is 6.42 Å². The van der Waals surface area contributed by atoms with Gasteiger partial charge < -0.3 is 5.32 Å². The molecule has 1 heterocycles. The van der Waals surface area contributed by atoms with E-state index in [9.17, 15) is 0 Å². The van der Waals surface area contributed by atoms with Gasteiger partial charge in [-0.25, -0.2) is 4.98 Å². The van der Waals surface area contributed by atoms with E-state index >= 15 is 0 Å². The Bertz CT molecular complexity index is 510. The highest BCUT2D eigenvalue weighted by atomic mass is 32.1. The van der Waals surface area contributed by atoms with Crippen LogP contribution in [0.2, 0.25) is 0 Å². The van der Waals surface area contributed by atoms with E-state index in [1.165, 1.54) is 48.2 Å². The van der Waals surface area contributed by atoms with Gasteiger partial charge >= 0.3 is 0 Å². The van der Waals surface area contributed by atoms with Crippen LogP contribution in [0, 0.1) is 5.92 Å². The van der Waals surface area contributed by atoms with E-state index in [0.717, 1.165) is 17.9 Å². The van der Waals surface area contributed by atoms with Crippen molar-refractivity contribution >= 4 is 21.6 Å². The Kier molecular flexibility index (Phi) is 4.69. The molecule has 1 aromatic heterocycles. The highest BCUT2D eigenvalue weighted by molar-refractivity contribution is 7.18. The van der Waals surface area contributed by atoms with Gasteiger partial charge in [0, 0.05) is 12.5 Å². The summed E-state index contributed by atoms with van der Waals surface area (Å²) in [6.07, 6.45) is 9.56. The molecule has 0 spiro atoms. The van der Waals surface area contributed by atoms with Crippen molar-refractivity contribution in [1.29, 1.82) is 0 Å². The third kappa shape index (κ3) is 3.39. The van der Waals surface area contributed by atoms with Crippen LogP contribution in [0.5, 0.6) is 0 Å². The van der Waals surface area contributed by atoms with Gasteiger partial charge in [-0.3, -0.25) is 0 Å². The van der Waals surface area contributed by atoms with E-state index in [0.29, 0.717) is 6.04 Å². The molecule has 0 bridgehead atoms. The van der Waals surface area contributed by atoms with Crippen LogP contribution in [0.25, 0.3) is 10.2 Å². The van der Waals surface area contributed by atoms with Crippen molar-refractivity contribution in [2.75, 3.05) is 7.05 Å². The molecule has 1 aliphatic rings. The summed E-state index contributed by atoms with van der Waals surface area (Å²) in [5.41, 5.74) is 1.15. The first-order valence-electron chi connectivity index (χ1n) is 7.87. The average Bonchev–Trinajstić information content (AvgIpc) is 3.11. The van der Waals surface area contributed by atoms with Gasteiger partial charge in [0.2, 0.25) is 0 Å². The molecule has 3 rings (SSSR count). The van der Waals surface area contributed by atoms with Gasteiger partial charge in [0.1, 0.15) is 0 Å². The molecule has 3 heteroatoms. The largest absolute Gasteiger partial charge is 0.317 e. The zero-order valence-electron chi connectivity index (χ0n) is 12.3. The van der Waals surface area contributed by atoms with Crippen LogP contribution < -0.4 is 5.32 Å². The third-order valence-corrected chi connectivity index (χ3v) is 5.62. The molecule has 1 saturated carbocycles. The highest BCUT2D eigenvalue weighted by Crippen LogP contribution is 2.29. The molecule has 2 aromatic rings. The quantitative estimate of drug-likeness (QED) is 0.852. The summed E-state index contributed by atoms with van der Waals surface area (Å²) in [6.45, 7) is 0. The summed E-state index contributed by atoms with van der Waals surface area (Å²) in [7, 11) is 2.09. The minimum atomic E-state index is 0.580. The van der Waals surface area contributed by atoms with E-state index in [1.54, 1.807) is 0 Å². The third-order valence-electron chi connectivity index (χ3n) is 4.57. The smallest absolute Gasteiger partial charge is 0.0954 e. The van der Waals surface area contributed by atoms with Gasteiger partial charge in [0.25, 0.3) is 0 Å². The summed E-state index contributed by atoms with van der Waals surface area (Å²) >= 11 is 1.85. The highest BCUT2D eigenvalue weighted by Gasteiger charge is 2.17. The Balaban J connectivity index is 1.58. The summed E-state index contributed by atoms with van der Waals surface area (Å²) in [4.78, 5) is 4.76. The van der Waals surface area contributed by atoms with Crippen LogP contribution >= 0.6 is 11.3 Å². The standard InChI is InChI=1S/C17H24N2S/c1-18-14(11-10-13-6-2-3-7-13)12-17-19-15-8-4-5-9-16(15)20-17/h4-5,8-9,13-14,18H,2-3,6-7,10-12H2,1H3. The first kappa shape index (κ1) is 14.0. The molecule has 0 saturated heterocycles. The topological polar surface area (TPSA) is 24.9 Å². The number of hydrogen-bond acceptors (Lipinski definition) is 3. The van der Waals surface area contributed by atoms with Crippen LogP contribution in [0.15, 0.2) is 24.3 Å². The monoisotopic (exact) mass is 288 g/mol. The SMILES string of the molecule is CNC(CCC1CCCC1)Cc1nc2ccccc2s1. The zero-order chi connectivity index (χ0) is 13.8. The lowest BCUT2D eigenvalue weighted by atomic mass is 9.97. The van der Waals surface area contributed by atoms with E-state index in [1.807, 2.05) is 11.3 Å². The van der Waals surface area contributed by atoms with Crippen LogP contribution in [0.3, 0.4) is 0 Å². The molecule has 1 aromatic carbocycles. The summed E-state index contributed by atoms with van der Waals surface area (Å²) in [5, 5.41) is 4.76. The molecule has 1 fully saturated rings. The Morgan fingerprint density at radius 1 is 1.30 bits per heavy atom. The lowest BCUT2D eigenvalue weighted by molar-refractivity contribution is 0.418. The van der Waals surface area contributed by atoms with Gasteiger partial charge in [0.15, 0.2) is 0 Å². The predicted molar refractivity (Wildman–Crippen MR) is 87.4 cm³/mol. The number of para-hydroxylation sites is 1. The molecule has 1 unspecified atom stereocenters. The predicted octanol–water partition coefficient (Wildman–Crippen LogP) is 4.40. The molecule has 108 valence electrons. The van der Waals surface area contributed by atoms with E-state index in [2.05, 4.69) is 36.6 Å². The van der Waals surface area contributed by atoms with Gasteiger partial charge in [-0.05, 0) is 37.9 Å². The Hall–Kier alpha value is -0.930. The summed E-state index contributed by atoms with van der Waals surface area (Å²) < 4.78 is 1.31. The summed E-state index contributed by atoms with van der Waals surface area (Å²) in [5.74, 6) is 0.987. The van der Waals surface area contributed by atoms with Crippen molar-refractivity contribution in [3.8, 4) is 0 Å². The molecule has 0 aliphatic heterocycles. The van der Waals surface area contributed by atoms with Gasteiger partial charge in [-0.1, -0.05) is 37.8 Å². The number of nitrogens with zero attached hydrogens (tertiary/aromatic N) is 1. The minimum absolute atomic E-state index is 0.580. The maximum absolute atomic E-state index is 4.76. The van der Waals surface area contributed by atoms with Crippen LogP contribution in [0.4, 0.5) is 0 Å². The molecule has 1 aliphatic carbocycles. The molecule has 0 radical (unpaired) electrons. The zero-order valence-corrected chi connectivity index (χ0v) is 13.1. The number of fused-ring (bicyclic) bond motifs is 1. The lowest BCUT2D eigenvalue weighted by Crippen LogP contribution is -2.28. The van der Waals surface area contributed by atoms with Gasteiger partial charge in [-0.15, -0.1) is 11.3 Å². The van der Waals surface area contributed by atoms with Crippen molar-refractivity contribution < 1.29 is 0 Å². The first-order valence-corrected chi connectivity index (χ1v) is 8.68. The van der Waals surface area contributed by atoms with Crippen LogP contribution in [0.1, 0.15) is 43.5 Å². The fraction of sp³-hybridized carbons (Fsp3) is 0.588. The van der Waals surface area contributed by atoms with E-state index in [-0.39, 0.29) is 0 Å². The van der Waals surface area contributed by atoms with E-state index < -0.39 is 0 Å². The number of aromatic nitrogens is 1. The number of hydrogen-bond donors (Lipinski definition) is 1. The molecular weight excluding hydrogens is 264 g/mol. The normalized spacial score (nSPS) is 17.9. The maximum atomic E-state index is 4.76. The van der Waals surface area contributed by atoms with Gasteiger partial charge in [-0.2, -0.15) is 0 Å². The van der Waals surface area contributed by atoms with E-state index in [4.69, 9.17) is 4.98 Å². The maximum Gasteiger partial charge on any atom is 0.0954 e. The Labute approximate surface area is 125 Å². The van der Waals surface area contributed by atoms with Crippen LogP contribution in [-0.4, -0.2) is 18.1 Å².